The van der Waals surface area contributed by atoms with Crippen LogP contribution in [0.4, 0.5) is 0 Å². The van der Waals surface area contributed by atoms with Gasteiger partial charge in [0.2, 0.25) is 0 Å². The van der Waals surface area contributed by atoms with Crippen molar-refractivity contribution in [3.05, 3.63) is 59.3 Å². The van der Waals surface area contributed by atoms with Crippen LogP contribution in [-0.2, 0) is 13.1 Å². The molecule has 1 unspecified atom stereocenters. The SMILES string of the molecule is COc1cc(CN(C)CC(O)Cn2c(C)c(C)c3ccccc32)ccc1OCCCN(C)C. The number of benzene rings is 2. The summed E-state index contributed by atoms with van der Waals surface area (Å²) in [7, 11) is 7.83. The Balaban J connectivity index is 1.58. The Morgan fingerprint density at radius 2 is 1.79 bits per heavy atom. The number of aromatic nitrogens is 1. The highest BCUT2D eigenvalue weighted by Crippen LogP contribution is 2.29. The zero-order valence-electron chi connectivity index (χ0n) is 21.0. The highest BCUT2D eigenvalue weighted by Gasteiger charge is 2.16. The number of para-hydroxylation sites is 1. The molecule has 6 nitrogen and oxygen atoms in total. The third kappa shape index (κ3) is 6.50. The van der Waals surface area contributed by atoms with Crippen molar-refractivity contribution in [3.63, 3.8) is 0 Å². The number of aryl methyl sites for hydroxylation is 1. The number of nitrogens with zero attached hydrogens (tertiary/aromatic N) is 3. The van der Waals surface area contributed by atoms with Gasteiger partial charge in [-0.3, -0.25) is 4.90 Å². The van der Waals surface area contributed by atoms with Crippen LogP contribution in [-0.4, -0.2) is 73.5 Å². The summed E-state index contributed by atoms with van der Waals surface area (Å²) in [5.41, 5.74) is 4.80. The molecule has 0 spiro atoms. The molecule has 2 aromatic carbocycles. The van der Waals surface area contributed by atoms with Gasteiger partial charge >= 0.3 is 0 Å². The molecule has 0 fully saturated rings. The number of hydrogen-bond donors (Lipinski definition) is 1. The lowest BCUT2D eigenvalue weighted by atomic mass is 10.2. The van der Waals surface area contributed by atoms with Crippen LogP contribution in [0.5, 0.6) is 11.5 Å². The Labute approximate surface area is 198 Å². The molecule has 1 atom stereocenters. The fourth-order valence-corrected chi connectivity index (χ4v) is 4.34. The number of rotatable bonds is 12. The first-order valence-corrected chi connectivity index (χ1v) is 11.7. The van der Waals surface area contributed by atoms with Crippen molar-refractivity contribution in [1.29, 1.82) is 0 Å². The van der Waals surface area contributed by atoms with Crippen molar-refractivity contribution in [2.24, 2.45) is 0 Å². The lowest BCUT2D eigenvalue weighted by Crippen LogP contribution is -2.32. The van der Waals surface area contributed by atoms with Gasteiger partial charge in [0.25, 0.3) is 0 Å². The van der Waals surface area contributed by atoms with Crippen molar-refractivity contribution >= 4 is 10.9 Å². The monoisotopic (exact) mass is 453 g/mol. The van der Waals surface area contributed by atoms with Gasteiger partial charge in [-0.15, -0.1) is 0 Å². The molecule has 0 amide bonds. The Kier molecular flexibility index (Phi) is 8.78. The van der Waals surface area contributed by atoms with E-state index in [1.165, 1.54) is 22.2 Å². The van der Waals surface area contributed by atoms with Crippen molar-refractivity contribution < 1.29 is 14.6 Å². The maximum atomic E-state index is 10.8. The molecular weight excluding hydrogens is 414 g/mol. The molecule has 0 aliphatic heterocycles. The molecule has 0 aliphatic carbocycles. The second-order valence-electron chi connectivity index (χ2n) is 9.18. The van der Waals surface area contributed by atoms with E-state index in [4.69, 9.17) is 9.47 Å². The van der Waals surface area contributed by atoms with Gasteiger partial charge in [0.05, 0.1) is 26.4 Å². The highest BCUT2D eigenvalue weighted by molar-refractivity contribution is 5.85. The van der Waals surface area contributed by atoms with Crippen LogP contribution in [0.15, 0.2) is 42.5 Å². The summed E-state index contributed by atoms with van der Waals surface area (Å²) in [6, 6.07) is 14.5. The van der Waals surface area contributed by atoms with Crippen molar-refractivity contribution in [1.82, 2.24) is 14.4 Å². The number of likely N-dealkylation sites (N-methyl/N-ethyl adjacent to an activating group) is 1. The lowest BCUT2D eigenvalue weighted by Gasteiger charge is -2.22. The van der Waals surface area contributed by atoms with Crippen LogP contribution in [0, 0.1) is 13.8 Å². The third-order valence-electron chi connectivity index (χ3n) is 6.15. The summed E-state index contributed by atoms with van der Waals surface area (Å²) in [4.78, 5) is 4.29. The number of hydrogen-bond acceptors (Lipinski definition) is 5. The molecular formula is C27H39N3O3. The fraction of sp³-hybridized carbons (Fsp3) is 0.481. The molecule has 0 radical (unpaired) electrons. The Morgan fingerprint density at radius 3 is 2.52 bits per heavy atom. The Morgan fingerprint density at radius 1 is 1.03 bits per heavy atom. The van der Waals surface area contributed by atoms with E-state index in [1.807, 2.05) is 19.2 Å². The standard InChI is InChI=1S/C27H39N3O3/c1-20-21(2)30(25-11-8-7-10-24(20)25)19-23(31)18-29(5)17-22-12-13-26(27(16-22)32-6)33-15-9-14-28(3)4/h7-8,10-13,16,23,31H,9,14-15,17-19H2,1-6H3. The first-order valence-electron chi connectivity index (χ1n) is 11.7. The zero-order chi connectivity index (χ0) is 24.0. The smallest absolute Gasteiger partial charge is 0.161 e. The van der Waals surface area contributed by atoms with Gasteiger partial charge < -0.3 is 24.0 Å². The normalized spacial score (nSPS) is 12.6. The van der Waals surface area contributed by atoms with Gasteiger partial charge in [0, 0.05) is 36.2 Å². The summed E-state index contributed by atoms with van der Waals surface area (Å²) in [6.45, 7) is 7.80. The second-order valence-corrected chi connectivity index (χ2v) is 9.18. The quantitative estimate of drug-likeness (QED) is 0.419. The molecule has 1 heterocycles. The fourth-order valence-electron chi connectivity index (χ4n) is 4.34. The van der Waals surface area contributed by atoms with E-state index in [0.29, 0.717) is 19.7 Å². The molecule has 0 saturated carbocycles. The zero-order valence-corrected chi connectivity index (χ0v) is 21.0. The van der Waals surface area contributed by atoms with Crippen molar-refractivity contribution in [2.45, 2.75) is 39.5 Å². The number of aliphatic hydroxyl groups is 1. The molecule has 3 rings (SSSR count). The molecule has 0 saturated heterocycles. The number of methoxy groups -OCH3 is 1. The highest BCUT2D eigenvalue weighted by atomic mass is 16.5. The maximum Gasteiger partial charge on any atom is 0.161 e. The summed E-state index contributed by atoms with van der Waals surface area (Å²) in [5.74, 6) is 1.52. The van der Waals surface area contributed by atoms with Gasteiger partial charge in [-0.2, -0.15) is 0 Å². The maximum absolute atomic E-state index is 10.8. The second kappa shape index (κ2) is 11.5. The van der Waals surface area contributed by atoms with E-state index in [9.17, 15) is 5.11 Å². The van der Waals surface area contributed by atoms with Crippen LogP contribution in [0.25, 0.3) is 10.9 Å². The minimum Gasteiger partial charge on any atom is -0.493 e. The number of aliphatic hydroxyl groups excluding tert-OH is 1. The third-order valence-corrected chi connectivity index (χ3v) is 6.15. The molecule has 1 N–H and O–H groups in total. The van der Waals surface area contributed by atoms with Gasteiger partial charge in [-0.1, -0.05) is 24.3 Å². The predicted octanol–water partition coefficient (Wildman–Crippen LogP) is 4.09. The summed E-state index contributed by atoms with van der Waals surface area (Å²) in [5, 5.41) is 12.1. The average Bonchev–Trinajstić information content (AvgIpc) is 3.02. The minimum absolute atomic E-state index is 0.467. The molecule has 0 bridgehead atoms. The van der Waals surface area contributed by atoms with Crippen LogP contribution in [0.1, 0.15) is 23.2 Å². The van der Waals surface area contributed by atoms with E-state index in [1.54, 1.807) is 7.11 Å². The van der Waals surface area contributed by atoms with Gasteiger partial charge in [-0.25, -0.2) is 0 Å². The molecule has 180 valence electrons. The predicted molar refractivity (Wildman–Crippen MR) is 135 cm³/mol. The van der Waals surface area contributed by atoms with Gasteiger partial charge in [0.15, 0.2) is 11.5 Å². The molecule has 1 aromatic heterocycles. The average molecular weight is 454 g/mol. The van der Waals surface area contributed by atoms with Crippen LogP contribution < -0.4 is 9.47 Å². The topological polar surface area (TPSA) is 50.1 Å². The van der Waals surface area contributed by atoms with Crippen LogP contribution in [0.3, 0.4) is 0 Å². The lowest BCUT2D eigenvalue weighted by molar-refractivity contribution is 0.108. The molecule has 6 heteroatoms. The summed E-state index contributed by atoms with van der Waals surface area (Å²) >= 11 is 0. The van der Waals surface area contributed by atoms with Gasteiger partial charge in [0.1, 0.15) is 0 Å². The van der Waals surface area contributed by atoms with E-state index in [0.717, 1.165) is 36.6 Å². The van der Waals surface area contributed by atoms with Crippen LogP contribution in [0.2, 0.25) is 0 Å². The van der Waals surface area contributed by atoms with Crippen molar-refractivity contribution in [3.8, 4) is 11.5 Å². The Hall–Kier alpha value is -2.54. The Bertz CT molecular complexity index is 1040. The number of ether oxygens (including phenoxy) is 2. The molecule has 3 aromatic rings. The molecule has 33 heavy (non-hydrogen) atoms. The van der Waals surface area contributed by atoms with E-state index < -0.39 is 6.10 Å². The minimum atomic E-state index is -0.467. The first kappa shape index (κ1) is 25.1. The summed E-state index contributed by atoms with van der Waals surface area (Å²) < 4.78 is 13.7. The van der Waals surface area contributed by atoms with Crippen LogP contribution >= 0.6 is 0 Å². The first-order chi connectivity index (χ1) is 15.8. The van der Waals surface area contributed by atoms with Crippen molar-refractivity contribution in [2.75, 3.05) is 47.9 Å². The largest absolute Gasteiger partial charge is 0.493 e. The van der Waals surface area contributed by atoms with E-state index >= 15 is 0 Å². The molecule has 0 aliphatic rings. The summed E-state index contributed by atoms with van der Waals surface area (Å²) in [6.07, 6.45) is 0.499. The van der Waals surface area contributed by atoms with E-state index in [2.05, 4.69) is 72.6 Å². The number of fused-ring (bicyclic) bond motifs is 1. The van der Waals surface area contributed by atoms with Gasteiger partial charge in [-0.05, 0) is 70.7 Å². The van der Waals surface area contributed by atoms with E-state index in [-0.39, 0.29) is 0 Å².